The number of nitrogens with zero attached hydrogens (tertiary/aromatic N) is 2. The van der Waals surface area contributed by atoms with E-state index in [1.807, 2.05) is 16.4 Å². The van der Waals surface area contributed by atoms with Crippen LogP contribution in [0.5, 0.6) is 0 Å². The minimum absolute atomic E-state index is 0.0166. The maximum absolute atomic E-state index is 15.0. The molecule has 0 amide bonds. The lowest BCUT2D eigenvalue weighted by Crippen LogP contribution is -2.49. The molecule has 164 valence electrons. The van der Waals surface area contributed by atoms with Gasteiger partial charge >= 0.3 is 5.97 Å². The molecule has 0 spiro atoms. The van der Waals surface area contributed by atoms with Crippen molar-refractivity contribution in [2.45, 2.75) is 32.4 Å². The zero-order chi connectivity index (χ0) is 22.4. The van der Waals surface area contributed by atoms with Gasteiger partial charge in [-0.15, -0.1) is 0 Å². The summed E-state index contributed by atoms with van der Waals surface area (Å²) >= 11 is 0. The quantitative estimate of drug-likeness (QED) is 0.594. The third-order valence-corrected chi connectivity index (χ3v) is 5.23. The molecule has 0 aliphatic carbocycles. The molecule has 1 unspecified atom stereocenters. The lowest BCUT2D eigenvalue weighted by molar-refractivity contribution is 0.0694. The second-order valence-electron chi connectivity index (χ2n) is 7.75. The molecular weight excluding hydrogens is 417 g/mol. The van der Waals surface area contributed by atoms with E-state index in [1.165, 1.54) is 12.3 Å². The van der Waals surface area contributed by atoms with Gasteiger partial charge in [0.15, 0.2) is 0 Å². The topological polar surface area (TPSA) is 129 Å². The van der Waals surface area contributed by atoms with Crippen molar-refractivity contribution in [2.75, 3.05) is 30.8 Å². The highest BCUT2D eigenvalue weighted by molar-refractivity contribution is 7.85. The van der Waals surface area contributed by atoms with E-state index in [4.69, 9.17) is 4.55 Å². The van der Waals surface area contributed by atoms with Crippen molar-refractivity contribution in [1.82, 2.24) is 9.88 Å². The number of anilines is 1. The molecular formula is C19H24FN3O6S. The van der Waals surface area contributed by atoms with E-state index < -0.39 is 27.3 Å². The smallest absolute Gasteiger partial charge is 0.341 e. The van der Waals surface area contributed by atoms with Gasteiger partial charge in [-0.3, -0.25) is 9.35 Å². The maximum Gasteiger partial charge on any atom is 0.341 e. The van der Waals surface area contributed by atoms with E-state index >= 15 is 0 Å². The molecule has 1 aromatic carbocycles. The summed E-state index contributed by atoms with van der Waals surface area (Å²) in [6.07, 6.45) is 2.70. The van der Waals surface area contributed by atoms with Gasteiger partial charge in [-0.05, 0) is 26.3 Å². The monoisotopic (exact) mass is 441 g/mol. The number of pyridine rings is 1. The van der Waals surface area contributed by atoms with E-state index in [1.54, 1.807) is 0 Å². The summed E-state index contributed by atoms with van der Waals surface area (Å²) in [5.41, 5.74) is 1.11. The summed E-state index contributed by atoms with van der Waals surface area (Å²) in [6, 6.07) is 1.45. The lowest BCUT2D eigenvalue weighted by Gasteiger charge is -2.35. The summed E-state index contributed by atoms with van der Waals surface area (Å²) in [7, 11) is -3.67. The van der Waals surface area contributed by atoms with Gasteiger partial charge in [0, 0.05) is 48.9 Å². The summed E-state index contributed by atoms with van der Waals surface area (Å²) in [5.74, 6) is -1.73. The Morgan fingerprint density at radius 3 is 2.53 bits per heavy atom. The Balaban J connectivity index is 0.000000461. The minimum atomic E-state index is -3.67. The van der Waals surface area contributed by atoms with Gasteiger partial charge in [-0.2, -0.15) is 8.42 Å². The zero-order valence-electron chi connectivity index (χ0n) is 16.8. The Kier molecular flexibility index (Phi) is 5.89. The molecule has 9 nitrogen and oxygen atoms in total. The largest absolute Gasteiger partial charge is 0.477 e. The second-order valence-corrected chi connectivity index (χ2v) is 9.22. The van der Waals surface area contributed by atoms with Gasteiger partial charge in [-0.1, -0.05) is 0 Å². The molecule has 1 aromatic heterocycles. The van der Waals surface area contributed by atoms with Crippen LogP contribution in [0.4, 0.5) is 10.1 Å². The Morgan fingerprint density at radius 2 is 1.97 bits per heavy atom. The average Bonchev–Trinajstić information content (AvgIpc) is 2.92. The number of benzene rings is 1. The first-order valence-electron chi connectivity index (χ1n) is 9.42. The van der Waals surface area contributed by atoms with Crippen molar-refractivity contribution >= 4 is 32.7 Å². The van der Waals surface area contributed by atoms with Gasteiger partial charge in [0.1, 0.15) is 11.4 Å². The van der Waals surface area contributed by atoms with Crippen LogP contribution in [-0.2, 0) is 16.5 Å². The van der Waals surface area contributed by atoms with Gasteiger partial charge in [0.05, 0.1) is 17.5 Å². The summed E-state index contributed by atoms with van der Waals surface area (Å²) in [5, 5.41) is 12.8. The van der Waals surface area contributed by atoms with Gasteiger partial charge < -0.3 is 19.9 Å². The van der Waals surface area contributed by atoms with Crippen molar-refractivity contribution in [3.8, 4) is 0 Å². The van der Waals surface area contributed by atoms with Crippen molar-refractivity contribution in [3.63, 3.8) is 0 Å². The number of nitrogens with one attached hydrogen (secondary N) is 1. The molecule has 2 atom stereocenters. The molecule has 2 aliphatic rings. The predicted molar refractivity (Wildman–Crippen MR) is 111 cm³/mol. The lowest BCUT2D eigenvalue weighted by atomic mass is 10.0. The van der Waals surface area contributed by atoms with E-state index in [0.717, 1.165) is 12.1 Å². The highest BCUT2D eigenvalue weighted by atomic mass is 32.2. The molecule has 0 bridgehead atoms. The van der Waals surface area contributed by atoms with Crippen LogP contribution >= 0.6 is 0 Å². The number of aromatic carboxylic acids is 1. The SMILES string of the molecule is CC1CN(c2c(F)cc3c(=O)c(C(=O)O)cn4c3c2C[C@@H]4C)CCN1.CS(=O)(=O)O. The first-order chi connectivity index (χ1) is 13.9. The van der Waals surface area contributed by atoms with Crippen molar-refractivity contribution < 1.29 is 27.3 Å². The molecule has 30 heavy (non-hydrogen) atoms. The maximum atomic E-state index is 15.0. The highest BCUT2D eigenvalue weighted by Crippen LogP contribution is 2.39. The Labute approximate surface area is 172 Å². The van der Waals surface area contributed by atoms with Crippen LogP contribution in [-0.4, -0.2) is 60.5 Å². The van der Waals surface area contributed by atoms with Crippen molar-refractivity contribution in [3.05, 3.63) is 39.4 Å². The van der Waals surface area contributed by atoms with Gasteiger partial charge in [0.25, 0.3) is 10.1 Å². The Hall–Kier alpha value is -2.50. The highest BCUT2D eigenvalue weighted by Gasteiger charge is 2.31. The third kappa shape index (κ3) is 4.32. The standard InChI is InChI=1S/C18H20FN3O3.CH4O3S/c1-9-7-21(4-3-20-9)16-11-5-10(2)22-8-13(18(24)25)17(23)12(15(11)22)6-14(16)19;1-5(2,3)4/h6,8-10,20H,3-5,7H2,1-2H3,(H,24,25);1H3,(H,2,3,4)/t9?,10-;/m0./s1. The number of carboxylic acid groups (broad SMARTS) is 1. The van der Waals surface area contributed by atoms with Crippen molar-refractivity contribution in [1.29, 1.82) is 0 Å². The molecule has 1 saturated heterocycles. The van der Waals surface area contributed by atoms with Crippen LogP contribution in [0.25, 0.3) is 10.9 Å². The number of hydrogen-bond acceptors (Lipinski definition) is 6. The fourth-order valence-corrected chi connectivity index (χ4v) is 4.12. The van der Waals surface area contributed by atoms with Crippen LogP contribution in [0.1, 0.15) is 35.8 Å². The van der Waals surface area contributed by atoms with Crippen LogP contribution < -0.4 is 15.6 Å². The van der Waals surface area contributed by atoms with Crippen LogP contribution in [0.3, 0.4) is 0 Å². The predicted octanol–water partition coefficient (Wildman–Crippen LogP) is 1.26. The number of rotatable bonds is 2. The molecule has 3 N–H and O–H groups in total. The number of carboxylic acids is 1. The first kappa shape index (κ1) is 22.2. The molecule has 2 aliphatic heterocycles. The molecule has 0 radical (unpaired) electrons. The van der Waals surface area contributed by atoms with E-state index in [0.29, 0.717) is 37.0 Å². The van der Waals surface area contributed by atoms with Gasteiger partial charge in [0.2, 0.25) is 5.43 Å². The minimum Gasteiger partial charge on any atom is -0.477 e. The zero-order valence-corrected chi connectivity index (χ0v) is 17.7. The number of carbonyl (C=O) groups is 1. The number of hydrogen-bond donors (Lipinski definition) is 3. The molecule has 4 rings (SSSR count). The third-order valence-electron chi connectivity index (χ3n) is 5.23. The number of halogens is 1. The number of aromatic nitrogens is 1. The average molecular weight is 441 g/mol. The molecule has 11 heteroatoms. The fourth-order valence-electron chi connectivity index (χ4n) is 4.12. The fraction of sp³-hybridized carbons (Fsp3) is 0.474. The van der Waals surface area contributed by atoms with Crippen molar-refractivity contribution in [2.24, 2.45) is 0 Å². The Morgan fingerprint density at radius 1 is 1.33 bits per heavy atom. The van der Waals surface area contributed by atoms with Gasteiger partial charge in [-0.25, -0.2) is 9.18 Å². The van der Waals surface area contributed by atoms with E-state index in [2.05, 4.69) is 12.2 Å². The molecule has 2 aromatic rings. The Bertz CT molecular complexity index is 1170. The first-order valence-corrected chi connectivity index (χ1v) is 11.3. The molecule has 3 heterocycles. The van der Waals surface area contributed by atoms with Crippen LogP contribution in [0, 0.1) is 5.82 Å². The second kappa shape index (κ2) is 7.97. The summed E-state index contributed by atoms with van der Waals surface area (Å²) < 4.78 is 42.7. The molecule has 0 saturated carbocycles. The normalized spacial score (nSPS) is 20.8. The summed E-state index contributed by atoms with van der Waals surface area (Å²) in [4.78, 5) is 25.9. The van der Waals surface area contributed by atoms with E-state index in [-0.39, 0.29) is 23.0 Å². The van der Waals surface area contributed by atoms with Crippen LogP contribution in [0.15, 0.2) is 17.1 Å². The van der Waals surface area contributed by atoms with E-state index in [9.17, 15) is 27.5 Å². The summed E-state index contributed by atoms with van der Waals surface area (Å²) in [6.45, 7) is 6.19. The number of piperazine rings is 1. The van der Waals surface area contributed by atoms with Crippen LogP contribution in [0.2, 0.25) is 0 Å². The molecule has 1 fully saturated rings.